The van der Waals surface area contributed by atoms with Crippen LogP contribution >= 0.6 is 23.2 Å². The first-order valence-electron chi connectivity index (χ1n) is 4.05. The van der Waals surface area contributed by atoms with Crippen molar-refractivity contribution in [2.24, 2.45) is 0 Å². The number of rotatable bonds is 2. The number of halogens is 2. The minimum atomic E-state index is 0.232. The molecule has 2 aromatic rings. The van der Waals surface area contributed by atoms with Gasteiger partial charge in [-0.25, -0.2) is 5.10 Å². The molecule has 7 heteroatoms. The van der Waals surface area contributed by atoms with Gasteiger partial charge in [-0.15, -0.1) is 5.10 Å². The lowest BCUT2D eigenvalue weighted by Gasteiger charge is -2.04. The van der Waals surface area contributed by atoms with Crippen molar-refractivity contribution in [3.05, 3.63) is 28.2 Å². The van der Waals surface area contributed by atoms with Crippen molar-refractivity contribution in [2.75, 3.05) is 11.1 Å². The zero-order valence-electron chi connectivity index (χ0n) is 7.46. The van der Waals surface area contributed by atoms with Crippen molar-refractivity contribution in [3.63, 3.8) is 0 Å². The molecule has 0 saturated carbocycles. The van der Waals surface area contributed by atoms with Gasteiger partial charge in [-0.1, -0.05) is 23.2 Å². The van der Waals surface area contributed by atoms with Gasteiger partial charge in [0.25, 0.3) is 0 Å². The third-order valence-corrected chi connectivity index (χ3v) is 2.24. The quantitative estimate of drug-likeness (QED) is 0.757. The van der Waals surface area contributed by atoms with Crippen molar-refractivity contribution in [1.82, 2.24) is 15.2 Å². The van der Waals surface area contributed by atoms with Crippen LogP contribution in [0.25, 0.3) is 0 Å². The summed E-state index contributed by atoms with van der Waals surface area (Å²) in [5, 5.41) is 10.3. The summed E-state index contributed by atoms with van der Waals surface area (Å²) in [6.07, 6.45) is 0. The molecule has 0 radical (unpaired) electrons. The van der Waals surface area contributed by atoms with Crippen LogP contribution in [0.4, 0.5) is 17.6 Å². The molecule has 0 aliphatic rings. The Hall–Kier alpha value is -1.46. The lowest BCUT2D eigenvalue weighted by Crippen LogP contribution is -1.93. The van der Waals surface area contributed by atoms with Gasteiger partial charge in [0, 0.05) is 5.02 Å². The summed E-state index contributed by atoms with van der Waals surface area (Å²) < 4.78 is 0. The maximum absolute atomic E-state index is 5.93. The van der Waals surface area contributed by atoms with Gasteiger partial charge in [0.05, 0.1) is 10.7 Å². The molecule has 1 aromatic carbocycles. The second-order valence-electron chi connectivity index (χ2n) is 2.79. The van der Waals surface area contributed by atoms with Gasteiger partial charge in [-0.2, -0.15) is 4.98 Å². The topological polar surface area (TPSA) is 79.6 Å². The average molecular weight is 244 g/mol. The van der Waals surface area contributed by atoms with E-state index in [-0.39, 0.29) is 5.95 Å². The predicted molar refractivity (Wildman–Crippen MR) is 60.5 cm³/mol. The summed E-state index contributed by atoms with van der Waals surface area (Å²) >= 11 is 11.8. The van der Waals surface area contributed by atoms with E-state index >= 15 is 0 Å². The van der Waals surface area contributed by atoms with Gasteiger partial charge in [-0.3, -0.25) is 0 Å². The van der Waals surface area contributed by atoms with E-state index < -0.39 is 0 Å². The van der Waals surface area contributed by atoms with E-state index in [0.717, 1.165) is 0 Å². The van der Waals surface area contributed by atoms with Crippen LogP contribution in [0.1, 0.15) is 0 Å². The molecule has 1 heterocycles. The first kappa shape index (κ1) is 10.1. The normalized spacial score (nSPS) is 10.3. The molecule has 0 fully saturated rings. The van der Waals surface area contributed by atoms with Crippen LogP contribution in [0.2, 0.25) is 10.0 Å². The number of aromatic amines is 1. The van der Waals surface area contributed by atoms with Crippen LogP contribution in [-0.2, 0) is 0 Å². The predicted octanol–water partition coefficient (Wildman–Crippen LogP) is 2.44. The Bertz CT molecular complexity index is 482. The fourth-order valence-corrected chi connectivity index (χ4v) is 1.38. The SMILES string of the molecule is Nc1nc(Nc2cc(Cl)ccc2Cl)n[nH]1. The molecular formula is C8H7Cl2N5. The number of nitrogens with one attached hydrogen (secondary N) is 2. The molecule has 0 amide bonds. The minimum absolute atomic E-state index is 0.232. The Kier molecular flexibility index (Phi) is 2.66. The Morgan fingerprint density at radius 2 is 2.13 bits per heavy atom. The van der Waals surface area contributed by atoms with Crippen LogP contribution in [-0.4, -0.2) is 15.2 Å². The number of nitrogens with zero attached hydrogens (tertiary/aromatic N) is 2. The zero-order chi connectivity index (χ0) is 10.8. The average Bonchev–Trinajstić information content (AvgIpc) is 2.58. The Labute approximate surface area is 95.6 Å². The molecule has 0 atom stereocenters. The van der Waals surface area contributed by atoms with Crippen LogP contribution in [0.5, 0.6) is 0 Å². The lowest BCUT2D eigenvalue weighted by atomic mass is 10.3. The number of aromatic nitrogens is 3. The second-order valence-corrected chi connectivity index (χ2v) is 3.64. The molecule has 4 N–H and O–H groups in total. The fraction of sp³-hybridized carbons (Fsp3) is 0. The van der Waals surface area contributed by atoms with Crippen molar-refractivity contribution in [1.29, 1.82) is 0 Å². The number of H-pyrrole nitrogens is 1. The standard InChI is InChI=1S/C8H7Cl2N5/c9-4-1-2-5(10)6(3-4)12-8-13-7(11)14-15-8/h1-3H,(H4,11,12,13,14,15). The number of nitrogen functional groups attached to an aromatic ring is 1. The monoisotopic (exact) mass is 243 g/mol. The lowest BCUT2D eigenvalue weighted by molar-refractivity contribution is 1.10. The summed E-state index contributed by atoms with van der Waals surface area (Å²) in [5.74, 6) is 0.576. The molecule has 0 bridgehead atoms. The highest BCUT2D eigenvalue weighted by Gasteiger charge is 2.04. The summed E-state index contributed by atoms with van der Waals surface area (Å²) in [6, 6.07) is 5.06. The molecule has 2 rings (SSSR count). The Morgan fingerprint density at radius 3 is 2.80 bits per heavy atom. The molecule has 0 spiro atoms. The van der Waals surface area contributed by atoms with E-state index in [4.69, 9.17) is 28.9 Å². The molecule has 0 unspecified atom stereocenters. The summed E-state index contributed by atoms with van der Waals surface area (Å²) in [5.41, 5.74) is 6.00. The van der Waals surface area contributed by atoms with Gasteiger partial charge in [0.1, 0.15) is 0 Å². The summed E-state index contributed by atoms with van der Waals surface area (Å²) in [7, 11) is 0. The smallest absolute Gasteiger partial charge is 0.248 e. The molecule has 0 saturated heterocycles. The van der Waals surface area contributed by atoms with Crippen molar-refractivity contribution in [3.8, 4) is 0 Å². The third kappa shape index (κ3) is 2.31. The largest absolute Gasteiger partial charge is 0.368 e. The Morgan fingerprint density at radius 1 is 1.33 bits per heavy atom. The van der Waals surface area contributed by atoms with Gasteiger partial charge in [0.2, 0.25) is 11.9 Å². The molecule has 0 aliphatic heterocycles. The van der Waals surface area contributed by atoms with E-state index in [1.54, 1.807) is 18.2 Å². The minimum Gasteiger partial charge on any atom is -0.368 e. The molecule has 78 valence electrons. The maximum Gasteiger partial charge on any atom is 0.248 e. The van der Waals surface area contributed by atoms with Crippen molar-refractivity contribution in [2.45, 2.75) is 0 Å². The molecular weight excluding hydrogens is 237 g/mol. The van der Waals surface area contributed by atoms with Gasteiger partial charge in [-0.05, 0) is 18.2 Å². The maximum atomic E-state index is 5.93. The van der Waals surface area contributed by atoms with Crippen molar-refractivity contribution < 1.29 is 0 Å². The molecule has 15 heavy (non-hydrogen) atoms. The van der Waals surface area contributed by atoms with E-state index in [1.165, 1.54) is 0 Å². The molecule has 1 aromatic heterocycles. The first-order valence-corrected chi connectivity index (χ1v) is 4.81. The van der Waals surface area contributed by atoms with E-state index in [2.05, 4.69) is 20.5 Å². The van der Waals surface area contributed by atoms with Crippen molar-refractivity contribution >= 4 is 40.8 Å². The van der Waals surface area contributed by atoms with Crippen LogP contribution < -0.4 is 11.1 Å². The highest BCUT2D eigenvalue weighted by Crippen LogP contribution is 2.27. The number of anilines is 3. The molecule has 5 nitrogen and oxygen atoms in total. The number of hydrogen-bond donors (Lipinski definition) is 3. The van der Waals surface area contributed by atoms with E-state index in [9.17, 15) is 0 Å². The summed E-state index contributed by atoms with van der Waals surface area (Å²) in [6.45, 7) is 0. The van der Waals surface area contributed by atoms with Gasteiger partial charge >= 0.3 is 0 Å². The van der Waals surface area contributed by atoms with Crippen LogP contribution in [0.3, 0.4) is 0 Å². The summed E-state index contributed by atoms with van der Waals surface area (Å²) in [4.78, 5) is 3.88. The molecule has 0 aliphatic carbocycles. The number of nitrogens with two attached hydrogens (primary N) is 1. The van der Waals surface area contributed by atoms with Crippen LogP contribution in [0, 0.1) is 0 Å². The van der Waals surface area contributed by atoms with E-state index in [0.29, 0.717) is 21.7 Å². The Balaban J connectivity index is 2.27. The number of hydrogen-bond acceptors (Lipinski definition) is 4. The second kappa shape index (κ2) is 3.96. The third-order valence-electron chi connectivity index (χ3n) is 1.68. The van der Waals surface area contributed by atoms with Gasteiger partial charge < -0.3 is 11.1 Å². The van der Waals surface area contributed by atoms with Gasteiger partial charge in [0.15, 0.2) is 0 Å². The fourth-order valence-electron chi connectivity index (χ4n) is 1.04. The highest BCUT2D eigenvalue weighted by atomic mass is 35.5. The van der Waals surface area contributed by atoms with E-state index in [1.807, 2.05) is 0 Å². The van der Waals surface area contributed by atoms with Crippen LogP contribution in [0.15, 0.2) is 18.2 Å². The highest BCUT2D eigenvalue weighted by molar-refractivity contribution is 6.35. The number of benzene rings is 1. The zero-order valence-corrected chi connectivity index (χ0v) is 8.97. The first-order chi connectivity index (χ1) is 7.15.